The van der Waals surface area contributed by atoms with Gasteiger partial charge in [0, 0.05) is 11.5 Å². The van der Waals surface area contributed by atoms with Crippen LogP contribution in [0.1, 0.15) is 51.8 Å². The van der Waals surface area contributed by atoms with E-state index in [4.69, 9.17) is 0 Å². The minimum absolute atomic E-state index is 0.152. The fraction of sp³-hybridized carbons (Fsp3) is 0.478. The highest BCUT2D eigenvalue weighted by Gasteiger charge is 2.56. The van der Waals surface area contributed by atoms with Crippen molar-refractivity contribution in [3.8, 4) is 0 Å². The Morgan fingerprint density at radius 1 is 1.23 bits per heavy atom. The number of rotatable bonds is 6. The molecule has 1 aromatic carbocycles. The molecule has 8 heteroatoms. The molecule has 2 heterocycles. The molecule has 1 aliphatic heterocycles. The summed E-state index contributed by atoms with van der Waals surface area (Å²) < 4.78 is 1.74. The van der Waals surface area contributed by atoms with Crippen LogP contribution in [0.2, 0.25) is 0 Å². The first-order chi connectivity index (χ1) is 14.6. The monoisotopic (exact) mass is 423 g/mol. The topological polar surface area (TPSA) is 96.3 Å². The zero-order valence-corrected chi connectivity index (χ0v) is 18.4. The molecular weight excluding hydrogens is 394 g/mol. The van der Waals surface area contributed by atoms with E-state index < -0.39 is 17.5 Å². The molecule has 0 bridgehead atoms. The Bertz CT molecular complexity index is 1020. The smallest absolute Gasteiger partial charge is 0.323 e. The number of nitrogens with one attached hydrogen (secondary N) is 2. The van der Waals surface area contributed by atoms with Gasteiger partial charge in [-0.05, 0) is 31.2 Å². The molecule has 1 aromatic heterocycles. The first kappa shape index (κ1) is 21.1. The zero-order chi connectivity index (χ0) is 22.4. The van der Waals surface area contributed by atoms with Crippen LogP contribution in [-0.2, 0) is 21.5 Å². The SMILES string of the molecule is CC(C)(C)c1cc(NC(=O)CN2C(=O)NC(C)(C3CC3)C2=O)n(Cc2ccccc2)n1. The van der Waals surface area contributed by atoms with E-state index in [1.807, 2.05) is 36.4 Å². The van der Waals surface area contributed by atoms with E-state index >= 15 is 0 Å². The lowest BCUT2D eigenvalue weighted by Crippen LogP contribution is -2.46. The fourth-order valence-corrected chi connectivity index (χ4v) is 3.88. The molecule has 1 atom stereocenters. The van der Waals surface area contributed by atoms with Gasteiger partial charge in [0.25, 0.3) is 5.91 Å². The second-order valence-electron chi connectivity index (χ2n) is 9.65. The summed E-state index contributed by atoms with van der Waals surface area (Å²) in [6.45, 7) is 8.08. The largest absolute Gasteiger partial charge is 0.325 e. The summed E-state index contributed by atoms with van der Waals surface area (Å²) >= 11 is 0. The molecule has 1 unspecified atom stereocenters. The summed E-state index contributed by atoms with van der Waals surface area (Å²) in [4.78, 5) is 39.0. The molecule has 1 aliphatic carbocycles. The summed E-state index contributed by atoms with van der Waals surface area (Å²) in [5.74, 6) is -0.0732. The highest BCUT2D eigenvalue weighted by Crippen LogP contribution is 2.42. The van der Waals surface area contributed by atoms with Gasteiger partial charge in [-0.15, -0.1) is 0 Å². The molecule has 31 heavy (non-hydrogen) atoms. The van der Waals surface area contributed by atoms with Crippen molar-refractivity contribution in [2.75, 3.05) is 11.9 Å². The first-order valence-electron chi connectivity index (χ1n) is 10.6. The minimum atomic E-state index is -0.897. The van der Waals surface area contributed by atoms with E-state index in [1.165, 1.54) is 0 Å². The molecule has 1 saturated carbocycles. The van der Waals surface area contributed by atoms with E-state index in [0.717, 1.165) is 29.0 Å². The third kappa shape index (κ3) is 4.19. The summed E-state index contributed by atoms with van der Waals surface area (Å²) in [7, 11) is 0. The van der Waals surface area contributed by atoms with Gasteiger partial charge in [0.2, 0.25) is 5.91 Å². The molecule has 4 rings (SSSR count). The Morgan fingerprint density at radius 3 is 2.52 bits per heavy atom. The van der Waals surface area contributed by atoms with Gasteiger partial charge < -0.3 is 10.6 Å². The van der Waals surface area contributed by atoms with Gasteiger partial charge in [-0.25, -0.2) is 9.48 Å². The summed E-state index contributed by atoms with van der Waals surface area (Å²) in [5, 5.41) is 10.3. The second kappa shape index (κ2) is 7.51. The van der Waals surface area contributed by atoms with E-state index in [-0.39, 0.29) is 23.8 Å². The molecule has 2 N–H and O–H groups in total. The normalized spacial score (nSPS) is 21.4. The number of hydrogen-bond acceptors (Lipinski definition) is 4. The lowest BCUT2D eigenvalue weighted by molar-refractivity contribution is -0.134. The number of nitrogens with zero attached hydrogens (tertiary/aromatic N) is 3. The van der Waals surface area contributed by atoms with Crippen LogP contribution < -0.4 is 10.6 Å². The summed E-state index contributed by atoms with van der Waals surface area (Å²) in [6, 6.07) is 11.2. The lowest BCUT2D eigenvalue weighted by Gasteiger charge is -2.20. The summed E-state index contributed by atoms with van der Waals surface area (Å²) in [5.41, 5.74) is 0.801. The van der Waals surface area contributed by atoms with Gasteiger partial charge in [-0.1, -0.05) is 51.1 Å². The molecule has 2 aromatic rings. The number of hydrogen-bond donors (Lipinski definition) is 2. The number of carbonyl (C=O) groups excluding carboxylic acids is 3. The van der Waals surface area contributed by atoms with Gasteiger partial charge in [-0.2, -0.15) is 5.10 Å². The van der Waals surface area contributed by atoms with Crippen LogP contribution in [0.15, 0.2) is 36.4 Å². The number of aromatic nitrogens is 2. The number of amides is 4. The van der Waals surface area contributed by atoms with Crippen LogP contribution in [0.3, 0.4) is 0 Å². The molecule has 0 radical (unpaired) electrons. The molecule has 1 saturated heterocycles. The maximum atomic E-state index is 12.8. The third-order valence-electron chi connectivity index (χ3n) is 5.99. The molecular formula is C23H29N5O3. The Balaban J connectivity index is 1.51. The molecule has 2 aliphatic rings. The van der Waals surface area contributed by atoms with Gasteiger partial charge in [0.15, 0.2) is 0 Å². The summed E-state index contributed by atoms with van der Waals surface area (Å²) in [6.07, 6.45) is 1.83. The highest BCUT2D eigenvalue weighted by atomic mass is 16.2. The van der Waals surface area contributed by atoms with E-state index in [1.54, 1.807) is 11.6 Å². The Labute approximate surface area is 182 Å². The van der Waals surface area contributed by atoms with Gasteiger partial charge in [0.1, 0.15) is 17.9 Å². The lowest BCUT2D eigenvalue weighted by atomic mass is 9.92. The molecule has 2 fully saturated rings. The van der Waals surface area contributed by atoms with Crippen molar-refractivity contribution in [2.45, 2.75) is 58.0 Å². The van der Waals surface area contributed by atoms with E-state index in [0.29, 0.717) is 12.4 Å². The zero-order valence-electron chi connectivity index (χ0n) is 18.4. The minimum Gasteiger partial charge on any atom is -0.323 e. The average molecular weight is 424 g/mol. The second-order valence-corrected chi connectivity index (χ2v) is 9.65. The predicted octanol–water partition coefficient (Wildman–Crippen LogP) is 2.89. The molecule has 0 spiro atoms. The van der Waals surface area contributed by atoms with Crippen molar-refractivity contribution in [2.24, 2.45) is 5.92 Å². The Morgan fingerprint density at radius 2 is 1.90 bits per heavy atom. The quantitative estimate of drug-likeness (QED) is 0.699. The third-order valence-corrected chi connectivity index (χ3v) is 5.99. The number of anilines is 1. The molecule has 4 amide bonds. The van der Waals surface area contributed by atoms with Gasteiger partial charge in [-0.3, -0.25) is 14.5 Å². The van der Waals surface area contributed by atoms with Crippen molar-refractivity contribution in [3.63, 3.8) is 0 Å². The molecule has 8 nitrogen and oxygen atoms in total. The first-order valence-corrected chi connectivity index (χ1v) is 10.6. The fourth-order valence-electron chi connectivity index (χ4n) is 3.88. The number of carbonyl (C=O) groups is 3. The predicted molar refractivity (Wildman–Crippen MR) is 116 cm³/mol. The van der Waals surface area contributed by atoms with Crippen molar-refractivity contribution in [1.82, 2.24) is 20.0 Å². The van der Waals surface area contributed by atoms with Crippen LogP contribution in [-0.4, -0.2) is 44.6 Å². The van der Waals surface area contributed by atoms with Gasteiger partial charge >= 0.3 is 6.03 Å². The van der Waals surface area contributed by atoms with Crippen LogP contribution in [0.4, 0.5) is 10.6 Å². The Kier molecular flexibility index (Phi) is 5.11. The average Bonchev–Trinajstić information content (AvgIpc) is 3.45. The van der Waals surface area contributed by atoms with Crippen LogP contribution in [0.5, 0.6) is 0 Å². The van der Waals surface area contributed by atoms with Crippen LogP contribution in [0, 0.1) is 5.92 Å². The highest BCUT2D eigenvalue weighted by molar-refractivity contribution is 6.10. The number of imide groups is 1. The van der Waals surface area contributed by atoms with Crippen LogP contribution >= 0.6 is 0 Å². The van der Waals surface area contributed by atoms with E-state index in [9.17, 15) is 14.4 Å². The van der Waals surface area contributed by atoms with Crippen molar-refractivity contribution >= 4 is 23.7 Å². The number of urea groups is 1. The van der Waals surface area contributed by atoms with E-state index in [2.05, 4.69) is 36.5 Å². The van der Waals surface area contributed by atoms with Crippen molar-refractivity contribution in [1.29, 1.82) is 0 Å². The van der Waals surface area contributed by atoms with Crippen molar-refractivity contribution in [3.05, 3.63) is 47.7 Å². The standard InChI is InChI=1S/C23H29N5O3/c1-22(2,3)17-12-18(28(26-17)13-15-8-6-5-7-9-15)24-19(29)14-27-20(30)23(4,16-10-11-16)25-21(27)31/h5-9,12,16H,10-11,13-14H2,1-4H3,(H,24,29)(H,25,31). The maximum absolute atomic E-state index is 12.8. The maximum Gasteiger partial charge on any atom is 0.325 e. The molecule has 164 valence electrons. The van der Waals surface area contributed by atoms with Crippen LogP contribution in [0.25, 0.3) is 0 Å². The van der Waals surface area contributed by atoms with Gasteiger partial charge in [0.05, 0.1) is 12.2 Å². The van der Waals surface area contributed by atoms with Crippen molar-refractivity contribution < 1.29 is 14.4 Å². The Hall–Kier alpha value is -3.16. The number of benzene rings is 1.